The molecule has 34 heavy (non-hydrogen) atoms. The molecule has 2 aliphatic heterocycles. The number of hydrogen-bond donors (Lipinski definition) is 3. The fourth-order valence-corrected chi connectivity index (χ4v) is 5.88. The van der Waals surface area contributed by atoms with Gasteiger partial charge in [-0.15, -0.1) is 30.0 Å². The highest BCUT2D eigenvalue weighted by Gasteiger charge is 2.55. The Morgan fingerprint density at radius 3 is 2.65 bits per heavy atom. The highest BCUT2D eigenvalue weighted by atomic mass is 32.2. The van der Waals surface area contributed by atoms with Crippen LogP contribution in [0.5, 0.6) is 0 Å². The van der Waals surface area contributed by atoms with Crippen molar-refractivity contribution in [3.63, 3.8) is 0 Å². The fourth-order valence-electron chi connectivity index (χ4n) is 3.00. The number of carbonyl (C=O) groups excluding carboxylic acids is 2. The van der Waals surface area contributed by atoms with Crippen LogP contribution in [0.2, 0.25) is 0 Å². The summed E-state index contributed by atoms with van der Waals surface area (Å²) in [4.78, 5) is 47.8. The monoisotopic (exact) mass is 544 g/mol. The average Bonchev–Trinajstić information content (AvgIpc) is 3.20. The van der Waals surface area contributed by atoms with Crippen LogP contribution >= 0.6 is 23.5 Å². The van der Waals surface area contributed by atoms with E-state index >= 15 is 0 Å². The average molecular weight is 545 g/mol. The third-order valence-corrected chi connectivity index (χ3v) is 7.92. The van der Waals surface area contributed by atoms with Crippen molar-refractivity contribution >= 4 is 58.5 Å². The van der Waals surface area contributed by atoms with E-state index in [4.69, 9.17) is 5.11 Å². The van der Waals surface area contributed by atoms with E-state index in [0.717, 1.165) is 28.4 Å². The van der Waals surface area contributed by atoms with Gasteiger partial charge in [0.05, 0.1) is 24.1 Å². The van der Waals surface area contributed by atoms with E-state index in [1.165, 1.54) is 4.68 Å². The number of carboxylic acids is 2. The molecule has 1 saturated heterocycles. The third-order valence-electron chi connectivity index (χ3n) is 4.50. The number of alkyl halides is 3. The van der Waals surface area contributed by atoms with Crippen molar-refractivity contribution in [2.75, 3.05) is 17.3 Å². The number of amides is 2. The first-order chi connectivity index (χ1) is 15.9. The van der Waals surface area contributed by atoms with Gasteiger partial charge < -0.3 is 20.1 Å². The first-order valence-electron chi connectivity index (χ1n) is 9.15. The van der Waals surface area contributed by atoms with Gasteiger partial charge in [0.15, 0.2) is 5.75 Å². The Kier molecular flexibility index (Phi) is 7.98. The minimum Gasteiger partial charge on any atom is -0.609 e. The molecule has 2 amide bonds. The lowest BCUT2D eigenvalue weighted by molar-refractivity contribution is -0.150. The summed E-state index contributed by atoms with van der Waals surface area (Å²) in [5, 5.41) is 30.8. The van der Waals surface area contributed by atoms with Crippen LogP contribution in [0.15, 0.2) is 16.4 Å². The van der Waals surface area contributed by atoms with Crippen molar-refractivity contribution in [2.45, 2.75) is 35.0 Å². The van der Waals surface area contributed by atoms with Crippen molar-refractivity contribution in [1.29, 1.82) is 0 Å². The maximum atomic E-state index is 12.5. The number of carbonyl (C=O) groups is 4. The van der Waals surface area contributed by atoms with Crippen molar-refractivity contribution in [1.82, 2.24) is 30.4 Å². The van der Waals surface area contributed by atoms with Crippen LogP contribution in [-0.4, -0.2) is 97.8 Å². The minimum absolute atomic E-state index is 0.00254. The molecular weight excluding hydrogens is 529 g/mol. The Labute approximate surface area is 199 Å². The van der Waals surface area contributed by atoms with Crippen molar-refractivity contribution in [3.8, 4) is 0 Å². The lowest BCUT2D eigenvalue weighted by Crippen LogP contribution is -2.71. The number of aliphatic carboxylic acids is 2. The Morgan fingerprint density at radius 2 is 2.03 bits per heavy atom. The summed E-state index contributed by atoms with van der Waals surface area (Å²) in [5.74, 6) is -5.73. The van der Waals surface area contributed by atoms with E-state index in [0.29, 0.717) is 5.57 Å². The second-order valence-electron chi connectivity index (χ2n) is 6.76. The summed E-state index contributed by atoms with van der Waals surface area (Å²) in [5.41, 5.74) is -5.07. The number of halogens is 3. The molecule has 13 nitrogen and oxygen atoms in total. The van der Waals surface area contributed by atoms with Crippen molar-refractivity contribution in [2.24, 2.45) is 0 Å². The smallest absolute Gasteiger partial charge is 0.573 e. The van der Waals surface area contributed by atoms with Gasteiger partial charge in [0, 0.05) is 11.5 Å². The van der Waals surface area contributed by atoms with Crippen LogP contribution in [0, 0.1) is 0 Å². The summed E-state index contributed by atoms with van der Waals surface area (Å²) in [6.45, 7) is -0.00254. The Hall–Kier alpha value is -2.51. The molecule has 0 aliphatic carbocycles. The predicted octanol–water partition coefficient (Wildman–Crippen LogP) is -0.753. The summed E-state index contributed by atoms with van der Waals surface area (Å²) in [7, 11) is 0. The van der Waals surface area contributed by atoms with E-state index in [-0.39, 0.29) is 35.3 Å². The number of fused-ring (bicyclic) bond motifs is 1. The number of thioether (sulfide) groups is 2. The molecule has 0 saturated carbocycles. The number of nitrogens with one attached hydrogen (secondary N) is 1. The molecule has 1 aromatic rings. The lowest BCUT2D eigenvalue weighted by atomic mass is 10.0. The van der Waals surface area contributed by atoms with Crippen molar-refractivity contribution in [3.05, 3.63) is 11.3 Å². The number of aryl methyl sites for hydroxylation is 1. The second kappa shape index (κ2) is 10.4. The van der Waals surface area contributed by atoms with Gasteiger partial charge in [0.1, 0.15) is 17.1 Å². The molecule has 19 heteroatoms. The Balaban J connectivity index is 1.66. The molecule has 3 atom stereocenters. The topological polar surface area (TPSA) is 191 Å². The summed E-state index contributed by atoms with van der Waals surface area (Å²) in [6, 6.07) is -1.25. The quantitative estimate of drug-likeness (QED) is 0.190. The molecule has 1 aromatic heterocycles. The van der Waals surface area contributed by atoms with E-state index in [1.807, 2.05) is 0 Å². The number of nitrogens with zero attached hydrogens (tertiary/aromatic N) is 5. The van der Waals surface area contributed by atoms with E-state index in [2.05, 4.69) is 20.8 Å². The number of hydrogen-bond acceptors (Lipinski definition) is 10. The van der Waals surface area contributed by atoms with Crippen LogP contribution in [-0.2, 0) is 36.9 Å². The largest absolute Gasteiger partial charge is 0.609 e. The SMILES string of the molecule is O=C(O)CCn1nnnc1SCC1=C(C(=O)O)N2C(=O)C(NC(=O)C[S+]([O-])C(F)(F)F)[C@H]2SC1. The molecule has 0 bridgehead atoms. The highest BCUT2D eigenvalue weighted by Crippen LogP contribution is 2.41. The molecule has 0 aromatic carbocycles. The van der Waals surface area contributed by atoms with Crippen LogP contribution < -0.4 is 5.32 Å². The summed E-state index contributed by atoms with van der Waals surface area (Å²) in [6.07, 6.45) is -0.231. The van der Waals surface area contributed by atoms with Gasteiger partial charge in [-0.2, -0.15) is 0 Å². The third kappa shape index (κ3) is 5.76. The number of tetrazole rings is 1. The summed E-state index contributed by atoms with van der Waals surface area (Å²) < 4.78 is 49.4. The van der Waals surface area contributed by atoms with Gasteiger partial charge in [-0.1, -0.05) is 11.8 Å². The molecule has 3 rings (SSSR count). The standard InChI is InChI=1S/C15H15F3N6O7S3/c16-15(17,18)34(31)5-7(25)19-9-11(28)24-10(13(29)30)6(3-32-12(9)24)4-33-14-20-21-22-23(14)2-1-8(26)27/h9,12H,1-5H2,(H,19,25)(H,26,27)(H,29,30)/t9?,12-,34?/m1/s1. The number of rotatable bonds is 10. The number of aromatic nitrogens is 4. The molecule has 2 unspecified atom stereocenters. The zero-order valence-corrected chi connectivity index (χ0v) is 19.2. The van der Waals surface area contributed by atoms with Crippen LogP contribution in [0.3, 0.4) is 0 Å². The Bertz CT molecular complexity index is 1040. The van der Waals surface area contributed by atoms with Gasteiger partial charge in [-0.05, 0) is 16.0 Å². The number of carboxylic acid groups (broad SMARTS) is 2. The molecule has 1 fully saturated rings. The van der Waals surface area contributed by atoms with Gasteiger partial charge >= 0.3 is 17.4 Å². The van der Waals surface area contributed by atoms with Gasteiger partial charge in [-0.3, -0.25) is 19.3 Å². The minimum atomic E-state index is -5.08. The zero-order chi connectivity index (χ0) is 25.2. The maximum Gasteiger partial charge on any atom is 0.573 e. The summed E-state index contributed by atoms with van der Waals surface area (Å²) >= 11 is -1.30. The first-order valence-corrected chi connectivity index (χ1v) is 12.5. The highest BCUT2D eigenvalue weighted by molar-refractivity contribution is 8.01. The lowest BCUT2D eigenvalue weighted by Gasteiger charge is -2.49. The number of β-lactam (4-membered cyclic amide) rings is 1. The van der Waals surface area contributed by atoms with Crippen LogP contribution in [0.1, 0.15) is 6.42 Å². The predicted molar refractivity (Wildman–Crippen MR) is 110 cm³/mol. The van der Waals surface area contributed by atoms with Crippen LogP contribution in [0.4, 0.5) is 13.2 Å². The molecule has 0 spiro atoms. The molecule has 2 aliphatic rings. The zero-order valence-electron chi connectivity index (χ0n) is 16.7. The normalized spacial score (nSPS) is 21.1. The first kappa shape index (κ1) is 26.1. The fraction of sp³-hybridized carbons (Fsp3) is 0.533. The van der Waals surface area contributed by atoms with Crippen molar-refractivity contribution < 1.29 is 47.1 Å². The molecule has 3 N–H and O–H groups in total. The Morgan fingerprint density at radius 1 is 1.32 bits per heavy atom. The molecule has 3 heterocycles. The van der Waals surface area contributed by atoms with E-state index in [1.54, 1.807) is 0 Å². The van der Waals surface area contributed by atoms with Gasteiger partial charge in [0.2, 0.25) is 5.16 Å². The van der Waals surface area contributed by atoms with E-state index in [9.17, 15) is 42.0 Å². The van der Waals surface area contributed by atoms with Crippen LogP contribution in [0.25, 0.3) is 0 Å². The maximum absolute atomic E-state index is 12.5. The van der Waals surface area contributed by atoms with Gasteiger partial charge in [-0.25, -0.2) is 9.48 Å². The molecule has 0 radical (unpaired) electrons. The molecular formula is C15H15F3N6O7S3. The second-order valence-corrected chi connectivity index (χ2v) is 10.3. The van der Waals surface area contributed by atoms with E-state index < -0.39 is 57.6 Å². The molecule has 186 valence electrons. The van der Waals surface area contributed by atoms with Gasteiger partial charge in [0.25, 0.3) is 11.8 Å².